The molecule has 0 fully saturated rings. The number of nitrogens with two attached hydrogens (primary N) is 2. The summed E-state index contributed by atoms with van der Waals surface area (Å²) in [6.45, 7) is 6.88. The summed E-state index contributed by atoms with van der Waals surface area (Å²) < 4.78 is 43.8. The number of benzene rings is 2. The Morgan fingerprint density at radius 1 is 0.361 bits per heavy atom. The van der Waals surface area contributed by atoms with Crippen LogP contribution in [0.15, 0.2) is 48.5 Å². The highest BCUT2D eigenvalue weighted by Gasteiger charge is 1.99. The van der Waals surface area contributed by atoms with Gasteiger partial charge in [-0.1, -0.05) is 24.3 Å². The van der Waals surface area contributed by atoms with Crippen LogP contribution in [0.3, 0.4) is 0 Å². The Morgan fingerprint density at radius 3 is 0.889 bits per heavy atom. The number of rotatable bonds is 23. The van der Waals surface area contributed by atoms with Crippen LogP contribution in [0.25, 0.3) is 0 Å². The number of nitrogen functional groups attached to an aromatic ring is 2. The van der Waals surface area contributed by atoms with Crippen molar-refractivity contribution < 1.29 is 37.9 Å². The second-order valence-electron chi connectivity index (χ2n) is 7.45. The van der Waals surface area contributed by atoms with Crippen LogP contribution in [0, 0.1) is 0 Å². The fraction of sp³-hybridized carbons (Fsp3) is 0.538. The summed E-state index contributed by atoms with van der Waals surface area (Å²) in [6, 6.07) is 14.8. The molecule has 10 heteroatoms. The number of para-hydroxylation sites is 4. The van der Waals surface area contributed by atoms with Crippen LogP contribution in [0.4, 0.5) is 11.4 Å². The molecule has 0 unspecified atom stereocenters. The number of hydrogen-bond acceptors (Lipinski definition) is 10. The van der Waals surface area contributed by atoms with E-state index < -0.39 is 0 Å². The average Bonchev–Trinajstić information content (AvgIpc) is 2.89. The van der Waals surface area contributed by atoms with Crippen molar-refractivity contribution in [3.8, 4) is 11.5 Å². The van der Waals surface area contributed by atoms with Crippen molar-refractivity contribution in [3.63, 3.8) is 0 Å². The van der Waals surface area contributed by atoms with Crippen LogP contribution in [-0.2, 0) is 28.4 Å². The van der Waals surface area contributed by atoms with Gasteiger partial charge in [-0.2, -0.15) is 0 Å². The van der Waals surface area contributed by atoms with Gasteiger partial charge in [0.15, 0.2) is 0 Å². The van der Waals surface area contributed by atoms with Crippen LogP contribution >= 0.6 is 0 Å². The topological polar surface area (TPSA) is 126 Å². The van der Waals surface area contributed by atoms with Gasteiger partial charge in [0, 0.05) is 0 Å². The second kappa shape index (κ2) is 20.6. The molecule has 36 heavy (non-hydrogen) atoms. The molecule has 202 valence electrons. The molecule has 0 heterocycles. The fourth-order valence-corrected chi connectivity index (χ4v) is 2.85. The lowest BCUT2D eigenvalue weighted by Gasteiger charge is -2.10. The molecule has 0 radical (unpaired) electrons. The van der Waals surface area contributed by atoms with Gasteiger partial charge >= 0.3 is 0 Å². The lowest BCUT2D eigenvalue weighted by atomic mass is 10.3. The third kappa shape index (κ3) is 14.7. The Hall–Kier alpha value is -2.60. The molecule has 0 saturated heterocycles. The van der Waals surface area contributed by atoms with Gasteiger partial charge in [-0.15, -0.1) is 0 Å². The lowest BCUT2D eigenvalue weighted by molar-refractivity contribution is -0.0187. The molecule has 0 aliphatic heterocycles. The SMILES string of the molecule is Nc1ccccc1OCCOCCOCCOCCOCCOCCOCCOc1ccccc1N. The molecule has 0 aliphatic carbocycles. The molecule has 0 atom stereocenters. The summed E-state index contributed by atoms with van der Waals surface area (Å²) in [6.07, 6.45) is 0. The van der Waals surface area contributed by atoms with Crippen molar-refractivity contribution in [1.29, 1.82) is 0 Å². The summed E-state index contributed by atoms with van der Waals surface area (Å²) in [4.78, 5) is 0. The van der Waals surface area contributed by atoms with Crippen LogP contribution in [0.1, 0.15) is 0 Å². The molecule has 2 aromatic carbocycles. The highest BCUT2D eigenvalue weighted by atomic mass is 16.6. The smallest absolute Gasteiger partial charge is 0.142 e. The Labute approximate surface area is 213 Å². The van der Waals surface area contributed by atoms with E-state index in [-0.39, 0.29) is 0 Å². The zero-order chi connectivity index (χ0) is 25.5. The van der Waals surface area contributed by atoms with Crippen molar-refractivity contribution in [2.75, 3.05) is 104 Å². The van der Waals surface area contributed by atoms with E-state index in [1.54, 1.807) is 12.1 Å². The van der Waals surface area contributed by atoms with E-state index in [4.69, 9.17) is 49.4 Å². The minimum absolute atomic E-state index is 0.441. The summed E-state index contributed by atoms with van der Waals surface area (Å²) >= 11 is 0. The number of hydrogen-bond donors (Lipinski definition) is 2. The second-order valence-corrected chi connectivity index (χ2v) is 7.45. The van der Waals surface area contributed by atoms with Gasteiger partial charge in [0.2, 0.25) is 0 Å². The molecule has 0 saturated carbocycles. The van der Waals surface area contributed by atoms with Gasteiger partial charge in [0.1, 0.15) is 24.7 Å². The minimum atomic E-state index is 0.441. The molecule has 0 amide bonds. The molecule has 10 nitrogen and oxygen atoms in total. The van der Waals surface area contributed by atoms with Gasteiger partial charge in [0.05, 0.1) is 90.7 Å². The highest BCUT2D eigenvalue weighted by molar-refractivity contribution is 5.52. The normalized spacial score (nSPS) is 11.0. The van der Waals surface area contributed by atoms with Crippen molar-refractivity contribution in [3.05, 3.63) is 48.5 Å². The molecule has 0 aromatic heterocycles. The summed E-state index contributed by atoms with van der Waals surface area (Å²) in [5.74, 6) is 1.34. The van der Waals surface area contributed by atoms with E-state index >= 15 is 0 Å². The standard InChI is InChI=1S/C26H40N2O8/c27-23-5-1-3-7-25(23)35-21-19-33-17-15-31-13-11-29-9-10-30-12-14-32-16-18-34-20-22-36-26-8-4-2-6-24(26)28/h1-8H,9-22,27-28H2. The third-order valence-corrected chi connectivity index (χ3v) is 4.67. The van der Waals surface area contributed by atoms with E-state index in [9.17, 15) is 0 Å². The summed E-state index contributed by atoms with van der Waals surface area (Å²) in [7, 11) is 0. The van der Waals surface area contributed by atoms with Crippen molar-refractivity contribution in [2.45, 2.75) is 0 Å². The third-order valence-electron chi connectivity index (χ3n) is 4.67. The van der Waals surface area contributed by atoms with Crippen molar-refractivity contribution in [2.24, 2.45) is 0 Å². The Morgan fingerprint density at radius 2 is 0.611 bits per heavy atom. The first-order valence-corrected chi connectivity index (χ1v) is 12.2. The van der Waals surface area contributed by atoms with Gasteiger partial charge in [-0.25, -0.2) is 0 Å². The zero-order valence-corrected chi connectivity index (χ0v) is 20.9. The minimum Gasteiger partial charge on any atom is -0.489 e. The highest BCUT2D eigenvalue weighted by Crippen LogP contribution is 2.20. The fourth-order valence-electron chi connectivity index (χ4n) is 2.85. The maximum Gasteiger partial charge on any atom is 0.142 e. The lowest BCUT2D eigenvalue weighted by Crippen LogP contribution is -2.15. The first-order chi connectivity index (χ1) is 17.8. The predicted octanol–water partition coefficient (Wildman–Crippen LogP) is 2.41. The van der Waals surface area contributed by atoms with Gasteiger partial charge in [-0.3, -0.25) is 0 Å². The van der Waals surface area contributed by atoms with Crippen LogP contribution < -0.4 is 20.9 Å². The van der Waals surface area contributed by atoms with E-state index in [1.807, 2.05) is 36.4 Å². The van der Waals surface area contributed by atoms with E-state index in [0.29, 0.717) is 115 Å². The van der Waals surface area contributed by atoms with Crippen molar-refractivity contribution in [1.82, 2.24) is 0 Å². The quantitative estimate of drug-likeness (QED) is 0.171. The molecule has 0 aliphatic rings. The van der Waals surface area contributed by atoms with Gasteiger partial charge in [-0.05, 0) is 24.3 Å². The monoisotopic (exact) mass is 508 g/mol. The van der Waals surface area contributed by atoms with E-state index in [0.717, 1.165) is 0 Å². The average molecular weight is 509 g/mol. The Bertz CT molecular complexity index is 731. The molecule has 2 rings (SSSR count). The Kier molecular flexibility index (Phi) is 16.9. The molecular weight excluding hydrogens is 468 g/mol. The number of anilines is 2. The molecule has 0 bridgehead atoms. The molecule has 2 aromatic rings. The van der Waals surface area contributed by atoms with Gasteiger partial charge in [0.25, 0.3) is 0 Å². The largest absolute Gasteiger partial charge is 0.489 e. The van der Waals surface area contributed by atoms with E-state index in [2.05, 4.69) is 0 Å². The first kappa shape index (κ1) is 29.6. The molecule has 4 N–H and O–H groups in total. The van der Waals surface area contributed by atoms with Gasteiger partial charge < -0.3 is 49.4 Å². The van der Waals surface area contributed by atoms with Crippen molar-refractivity contribution >= 4 is 11.4 Å². The molecule has 0 spiro atoms. The number of ether oxygens (including phenoxy) is 8. The molecular formula is C26H40N2O8. The van der Waals surface area contributed by atoms with Crippen LogP contribution in [0.5, 0.6) is 11.5 Å². The Balaban J connectivity index is 1.22. The zero-order valence-electron chi connectivity index (χ0n) is 20.9. The summed E-state index contributed by atoms with van der Waals surface area (Å²) in [5, 5.41) is 0. The van der Waals surface area contributed by atoms with E-state index in [1.165, 1.54) is 0 Å². The maximum absolute atomic E-state index is 5.80. The van der Waals surface area contributed by atoms with Crippen LogP contribution in [0.2, 0.25) is 0 Å². The summed E-state index contributed by atoms with van der Waals surface area (Å²) in [5.41, 5.74) is 12.8. The van der Waals surface area contributed by atoms with Crippen LogP contribution in [-0.4, -0.2) is 92.5 Å². The predicted molar refractivity (Wildman–Crippen MR) is 138 cm³/mol. The first-order valence-electron chi connectivity index (χ1n) is 12.2. The maximum atomic E-state index is 5.80.